The lowest BCUT2D eigenvalue weighted by Gasteiger charge is -2.28. The molecule has 2 heterocycles. The van der Waals surface area contributed by atoms with Crippen LogP contribution in [0, 0.1) is 11.3 Å². The van der Waals surface area contributed by atoms with Gasteiger partial charge >= 0.3 is 0 Å². The van der Waals surface area contributed by atoms with E-state index in [1.54, 1.807) is 10.9 Å². The molecule has 7 nitrogen and oxygen atoms in total. The Labute approximate surface area is 201 Å². The topological polar surface area (TPSA) is 85.9 Å². The van der Waals surface area contributed by atoms with Crippen LogP contribution in [0.2, 0.25) is 0 Å². The molecule has 35 heavy (non-hydrogen) atoms. The molecule has 180 valence electrons. The van der Waals surface area contributed by atoms with Gasteiger partial charge in [-0.25, -0.2) is 18.7 Å². The van der Waals surface area contributed by atoms with E-state index in [0.717, 1.165) is 16.8 Å². The van der Waals surface area contributed by atoms with Gasteiger partial charge in [0.1, 0.15) is 34.8 Å². The molecule has 0 amide bonds. The van der Waals surface area contributed by atoms with Crippen LogP contribution in [0.3, 0.4) is 0 Å². The lowest BCUT2D eigenvalue weighted by atomic mass is 9.87. The van der Waals surface area contributed by atoms with Crippen molar-refractivity contribution < 1.29 is 18.3 Å². The molecule has 0 atom stereocenters. The predicted molar refractivity (Wildman–Crippen MR) is 128 cm³/mol. The molecule has 1 fully saturated rings. The average molecular weight is 478 g/mol. The number of benzene rings is 2. The second-order valence-corrected chi connectivity index (χ2v) is 8.71. The number of nitrogens with zero attached hydrogens (tertiary/aromatic N) is 4. The Balaban J connectivity index is 1.30. The van der Waals surface area contributed by atoms with Crippen molar-refractivity contribution in [1.82, 2.24) is 19.7 Å². The third-order valence-corrected chi connectivity index (χ3v) is 6.19. The molecule has 0 saturated heterocycles. The zero-order valence-electron chi connectivity index (χ0n) is 19.2. The van der Waals surface area contributed by atoms with Gasteiger partial charge in [0.05, 0.1) is 6.20 Å². The zero-order chi connectivity index (χ0) is 24.4. The van der Waals surface area contributed by atoms with Gasteiger partial charge in [-0.3, -0.25) is 10.1 Å². The van der Waals surface area contributed by atoms with Crippen LogP contribution >= 0.6 is 0 Å². The highest BCUT2D eigenvalue weighted by atomic mass is 19.3. The average Bonchev–Trinajstić information content (AvgIpc) is 3.19. The summed E-state index contributed by atoms with van der Waals surface area (Å²) >= 11 is 0. The van der Waals surface area contributed by atoms with Crippen LogP contribution < -0.4 is 4.74 Å². The van der Waals surface area contributed by atoms with Crippen molar-refractivity contribution in [3.8, 4) is 22.8 Å². The van der Waals surface area contributed by atoms with Crippen LogP contribution in [-0.4, -0.2) is 31.6 Å². The van der Waals surface area contributed by atoms with Gasteiger partial charge in [0.15, 0.2) is 11.7 Å². The second-order valence-electron chi connectivity index (χ2n) is 8.71. The van der Waals surface area contributed by atoms with Crippen LogP contribution in [0.1, 0.15) is 31.5 Å². The summed E-state index contributed by atoms with van der Waals surface area (Å²) < 4.78 is 40.0. The lowest BCUT2D eigenvalue weighted by molar-refractivity contribution is -0.0413. The minimum atomic E-state index is -2.63. The number of aryl methyl sites for hydroxylation is 1. The van der Waals surface area contributed by atoms with Gasteiger partial charge in [-0.1, -0.05) is 18.2 Å². The molecule has 1 saturated carbocycles. The maximum atomic E-state index is 13.4. The molecular weight excluding hydrogens is 452 g/mol. The summed E-state index contributed by atoms with van der Waals surface area (Å²) in [5, 5.41) is 12.8. The molecule has 1 N–H and O–H groups in total. The Morgan fingerprint density at radius 1 is 1.06 bits per heavy atom. The fourth-order valence-electron chi connectivity index (χ4n) is 4.21. The third kappa shape index (κ3) is 5.13. The summed E-state index contributed by atoms with van der Waals surface area (Å²) in [5.74, 6) is -1.03. The Morgan fingerprint density at radius 2 is 1.74 bits per heavy atom. The molecule has 1 aliphatic rings. The highest BCUT2D eigenvalue weighted by molar-refractivity contribution is 5.89. The first-order valence-electron chi connectivity index (χ1n) is 11.5. The molecule has 0 unspecified atom stereocenters. The first-order chi connectivity index (χ1) is 16.9. The quantitative estimate of drug-likeness (QED) is 0.266. The Morgan fingerprint density at radius 3 is 2.46 bits per heavy atom. The minimum absolute atomic E-state index is 0.000145. The van der Waals surface area contributed by atoms with Crippen molar-refractivity contribution in [3.63, 3.8) is 0 Å². The molecular formula is C26H25F2N5O2. The van der Waals surface area contributed by atoms with Crippen molar-refractivity contribution in [1.29, 1.82) is 5.41 Å². The fraction of sp³-hybridized carbons (Fsp3) is 0.308. The van der Waals surface area contributed by atoms with Crippen molar-refractivity contribution in [2.24, 2.45) is 13.0 Å². The van der Waals surface area contributed by atoms with E-state index in [1.807, 2.05) is 61.6 Å². The minimum Gasteiger partial charge on any atom is -0.473 e. The van der Waals surface area contributed by atoms with Crippen LogP contribution in [0.25, 0.3) is 22.3 Å². The summed E-state index contributed by atoms with van der Waals surface area (Å²) in [6.45, 7) is -0.000145. The van der Waals surface area contributed by atoms with Gasteiger partial charge in [0.25, 0.3) is 0 Å². The first kappa shape index (κ1) is 22.9. The van der Waals surface area contributed by atoms with Gasteiger partial charge in [-0.2, -0.15) is 5.10 Å². The van der Waals surface area contributed by atoms with Crippen molar-refractivity contribution >= 4 is 16.9 Å². The van der Waals surface area contributed by atoms with E-state index in [2.05, 4.69) is 15.1 Å². The molecule has 0 bridgehead atoms. The molecule has 1 aliphatic carbocycles. The van der Waals surface area contributed by atoms with E-state index >= 15 is 0 Å². The summed E-state index contributed by atoms with van der Waals surface area (Å²) in [6.07, 6.45) is 1.76. The maximum absolute atomic E-state index is 13.4. The second kappa shape index (κ2) is 9.40. The van der Waals surface area contributed by atoms with Crippen LogP contribution in [0.5, 0.6) is 11.5 Å². The summed E-state index contributed by atoms with van der Waals surface area (Å²) in [7, 11) is 1.83. The van der Waals surface area contributed by atoms with Gasteiger partial charge in [0.2, 0.25) is 5.92 Å². The predicted octanol–water partition coefficient (Wildman–Crippen LogP) is 6.14. The van der Waals surface area contributed by atoms with E-state index in [1.165, 1.54) is 0 Å². The largest absolute Gasteiger partial charge is 0.473 e. The Bertz CT molecular complexity index is 1330. The lowest BCUT2D eigenvalue weighted by Crippen LogP contribution is -2.29. The molecule has 4 aromatic rings. The Hall–Kier alpha value is -3.88. The number of hydrogen-bond donors (Lipinski definition) is 1. The van der Waals surface area contributed by atoms with Crippen LogP contribution in [-0.2, 0) is 18.4 Å². The van der Waals surface area contributed by atoms with Gasteiger partial charge in [0, 0.05) is 31.4 Å². The van der Waals surface area contributed by atoms with Crippen molar-refractivity contribution in [2.75, 3.05) is 0 Å². The van der Waals surface area contributed by atoms with Crippen LogP contribution in [0.15, 0.2) is 60.8 Å². The Kier molecular flexibility index (Phi) is 6.15. The van der Waals surface area contributed by atoms with E-state index in [9.17, 15) is 8.78 Å². The van der Waals surface area contributed by atoms with E-state index < -0.39 is 5.92 Å². The molecule has 2 aromatic carbocycles. The van der Waals surface area contributed by atoms with Gasteiger partial charge in [-0.15, -0.1) is 0 Å². The van der Waals surface area contributed by atoms with E-state index in [4.69, 9.17) is 14.9 Å². The highest BCUT2D eigenvalue weighted by Crippen LogP contribution is 2.36. The monoisotopic (exact) mass is 477 g/mol. The zero-order valence-corrected chi connectivity index (χ0v) is 19.2. The van der Waals surface area contributed by atoms with E-state index in [0.29, 0.717) is 22.8 Å². The number of nitrogens with one attached hydrogen (secondary N) is 1. The number of aromatic nitrogens is 4. The fourth-order valence-corrected chi connectivity index (χ4v) is 4.21. The van der Waals surface area contributed by atoms with Gasteiger partial charge in [-0.05, 0) is 49.2 Å². The molecule has 0 aliphatic heterocycles. The number of rotatable bonds is 6. The molecule has 0 spiro atoms. The first-order valence-corrected chi connectivity index (χ1v) is 11.5. The smallest absolute Gasteiger partial charge is 0.248 e. The number of hydrogen-bond acceptors (Lipinski definition) is 6. The summed E-state index contributed by atoms with van der Waals surface area (Å²) in [6, 6.07) is 17.2. The third-order valence-electron chi connectivity index (χ3n) is 6.19. The SMILES string of the molecule is Cn1nc(-c2ccc(Oc3ccccc3)cc2)c2nc(COC(=N)C3CCC(F)(F)CC3)ncc21. The molecule has 9 heteroatoms. The number of ether oxygens (including phenoxy) is 2. The number of halogens is 2. The number of fused-ring (bicyclic) bond motifs is 1. The normalized spacial score (nSPS) is 15.7. The van der Waals surface area contributed by atoms with Crippen LogP contribution in [0.4, 0.5) is 8.78 Å². The molecule has 2 aromatic heterocycles. The maximum Gasteiger partial charge on any atom is 0.248 e. The van der Waals surface area contributed by atoms with Crippen molar-refractivity contribution in [2.45, 2.75) is 38.2 Å². The number of para-hydroxylation sites is 1. The molecule has 5 rings (SSSR count). The summed E-state index contributed by atoms with van der Waals surface area (Å²) in [5.41, 5.74) is 3.00. The number of alkyl halides is 2. The standard InChI is InChI=1S/C26H25F2N5O2/c1-33-21-15-30-22(16-34-25(29)18-11-13-26(27,28)14-12-18)31-24(21)23(32-33)17-7-9-20(10-8-17)35-19-5-3-2-4-6-19/h2-10,15,18,29H,11-14,16H2,1H3. The molecule has 0 radical (unpaired) electrons. The highest BCUT2D eigenvalue weighted by Gasteiger charge is 2.36. The van der Waals surface area contributed by atoms with E-state index in [-0.39, 0.29) is 44.1 Å². The summed E-state index contributed by atoms with van der Waals surface area (Å²) in [4.78, 5) is 8.98. The van der Waals surface area contributed by atoms with Gasteiger partial charge < -0.3 is 9.47 Å². The van der Waals surface area contributed by atoms with Crippen molar-refractivity contribution in [3.05, 3.63) is 66.6 Å².